The Morgan fingerprint density at radius 3 is 2.04 bits per heavy atom. The molecule has 3 fully saturated rings. The van der Waals surface area contributed by atoms with Crippen LogP contribution in [0.25, 0.3) is 0 Å². The Hall–Kier alpha value is -0.610. The van der Waals surface area contributed by atoms with Gasteiger partial charge in [0.05, 0.1) is 12.7 Å². The van der Waals surface area contributed by atoms with E-state index in [-0.39, 0.29) is 6.29 Å². The van der Waals surface area contributed by atoms with Crippen LogP contribution in [-0.4, -0.2) is 12.4 Å². The minimum absolute atomic E-state index is 0.121. The molecule has 1 saturated heterocycles. The van der Waals surface area contributed by atoms with Gasteiger partial charge in [-0.15, -0.1) is 0 Å². The van der Waals surface area contributed by atoms with Crippen molar-refractivity contribution in [3.8, 4) is 0 Å². The van der Waals surface area contributed by atoms with Crippen LogP contribution >= 0.6 is 11.6 Å². The van der Waals surface area contributed by atoms with Crippen molar-refractivity contribution in [3.63, 3.8) is 0 Å². The highest BCUT2D eigenvalue weighted by molar-refractivity contribution is 6.30. The van der Waals surface area contributed by atoms with E-state index in [0.717, 1.165) is 29.2 Å². The lowest BCUT2D eigenvalue weighted by atomic mass is 9.70. The first-order valence-corrected chi connectivity index (χ1v) is 10.8. The molecule has 0 radical (unpaired) electrons. The minimum Gasteiger partial charge on any atom is -0.374 e. The average molecular weight is 379 g/mol. The van der Waals surface area contributed by atoms with Crippen LogP contribution in [0.15, 0.2) is 24.3 Å². The Kier molecular flexibility index (Phi) is 6.53. The van der Waals surface area contributed by atoms with Gasteiger partial charge in [0.15, 0.2) is 0 Å². The molecule has 1 heterocycles. The third kappa shape index (κ3) is 5.45. The van der Waals surface area contributed by atoms with Crippen molar-refractivity contribution in [1.29, 1.82) is 0 Å². The first-order chi connectivity index (χ1) is 12.8. The SMILES string of the molecule is Clc1ccc(COC2CCC(C3CCC(CCC4OO4)CC3)CC2)cc1. The fourth-order valence-corrected chi connectivity index (χ4v) is 5.10. The van der Waals surface area contributed by atoms with Gasteiger partial charge in [0.2, 0.25) is 6.29 Å². The predicted molar refractivity (Wildman–Crippen MR) is 103 cm³/mol. The Labute approximate surface area is 162 Å². The predicted octanol–water partition coefficient (Wildman–Crippen LogP) is 6.29. The Balaban J connectivity index is 1.13. The minimum atomic E-state index is 0.121. The summed E-state index contributed by atoms with van der Waals surface area (Å²) in [5, 5.41) is 0.790. The van der Waals surface area contributed by atoms with E-state index in [1.165, 1.54) is 63.4 Å². The van der Waals surface area contributed by atoms with Gasteiger partial charge in [-0.3, -0.25) is 0 Å². The number of hydrogen-bond acceptors (Lipinski definition) is 3. The zero-order valence-corrected chi connectivity index (χ0v) is 16.3. The molecule has 2 aliphatic carbocycles. The van der Waals surface area contributed by atoms with Crippen LogP contribution in [0.1, 0.15) is 69.8 Å². The summed E-state index contributed by atoms with van der Waals surface area (Å²) in [7, 11) is 0. The van der Waals surface area contributed by atoms with Gasteiger partial charge < -0.3 is 4.74 Å². The van der Waals surface area contributed by atoms with Gasteiger partial charge in [-0.2, -0.15) is 9.78 Å². The normalized spacial score (nSPS) is 32.5. The molecule has 4 rings (SSSR count). The lowest BCUT2D eigenvalue weighted by Crippen LogP contribution is -2.28. The first kappa shape index (κ1) is 18.7. The number of benzene rings is 1. The van der Waals surface area contributed by atoms with Crippen molar-refractivity contribution >= 4 is 11.6 Å². The first-order valence-electron chi connectivity index (χ1n) is 10.4. The number of hydrogen-bond donors (Lipinski definition) is 0. The number of halogens is 1. The van der Waals surface area contributed by atoms with Crippen LogP contribution in [0.4, 0.5) is 0 Å². The van der Waals surface area contributed by atoms with Crippen molar-refractivity contribution < 1.29 is 14.5 Å². The highest BCUT2D eigenvalue weighted by Crippen LogP contribution is 2.42. The monoisotopic (exact) mass is 378 g/mol. The molecule has 0 amide bonds. The highest BCUT2D eigenvalue weighted by Gasteiger charge is 2.32. The van der Waals surface area contributed by atoms with Crippen molar-refractivity contribution in [2.45, 2.75) is 83.2 Å². The average Bonchev–Trinajstić information content (AvgIpc) is 3.51. The van der Waals surface area contributed by atoms with Gasteiger partial charge in [0.1, 0.15) is 0 Å². The Bertz CT molecular complexity index is 541. The van der Waals surface area contributed by atoms with Gasteiger partial charge in [-0.25, -0.2) is 0 Å². The molecule has 26 heavy (non-hydrogen) atoms. The molecular weight excluding hydrogens is 348 g/mol. The molecule has 0 unspecified atom stereocenters. The molecule has 1 aromatic carbocycles. The lowest BCUT2D eigenvalue weighted by Gasteiger charge is -2.37. The van der Waals surface area contributed by atoms with Gasteiger partial charge in [0, 0.05) is 11.4 Å². The van der Waals surface area contributed by atoms with Crippen molar-refractivity contribution in [2.75, 3.05) is 0 Å². The van der Waals surface area contributed by atoms with Gasteiger partial charge in [0.25, 0.3) is 0 Å². The van der Waals surface area contributed by atoms with E-state index in [2.05, 4.69) is 12.1 Å². The van der Waals surface area contributed by atoms with E-state index in [9.17, 15) is 0 Å². The Morgan fingerprint density at radius 2 is 1.42 bits per heavy atom. The second-order valence-electron chi connectivity index (χ2n) is 8.45. The van der Waals surface area contributed by atoms with Crippen molar-refractivity contribution in [3.05, 3.63) is 34.9 Å². The summed E-state index contributed by atoms with van der Waals surface area (Å²) in [6, 6.07) is 8.01. The summed E-state index contributed by atoms with van der Waals surface area (Å²) in [5.41, 5.74) is 1.22. The molecule has 0 spiro atoms. The quantitative estimate of drug-likeness (QED) is 0.413. The molecule has 0 atom stereocenters. The fourth-order valence-electron chi connectivity index (χ4n) is 4.98. The second-order valence-corrected chi connectivity index (χ2v) is 8.89. The summed E-state index contributed by atoms with van der Waals surface area (Å²) >= 11 is 5.94. The molecule has 1 aliphatic heterocycles. The van der Waals surface area contributed by atoms with Gasteiger partial charge in [-0.1, -0.05) is 36.6 Å². The van der Waals surface area contributed by atoms with Crippen LogP contribution in [0.2, 0.25) is 5.02 Å². The molecule has 0 aromatic heterocycles. The lowest BCUT2D eigenvalue weighted by molar-refractivity contribution is -0.00287. The van der Waals surface area contributed by atoms with E-state index in [1.807, 2.05) is 12.1 Å². The number of rotatable bonds is 7. The third-order valence-electron chi connectivity index (χ3n) is 6.72. The summed E-state index contributed by atoms with van der Waals surface area (Å²) in [4.78, 5) is 9.72. The van der Waals surface area contributed by atoms with Crippen LogP contribution in [0.3, 0.4) is 0 Å². The summed E-state index contributed by atoms with van der Waals surface area (Å²) < 4.78 is 6.16. The standard InChI is InChI=1S/C22H31ClO3/c23-20-10-3-17(4-11-20)15-24-21-12-8-19(9-13-21)18-6-1-16(2-7-18)5-14-22-25-26-22/h3-4,10-11,16,18-19,21-22H,1-2,5-9,12-15H2. The number of ether oxygens (including phenoxy) is 1. The van der Waals surface area contributed by atoms with Gasteiger partial charge in [-0.05, 0) is 80.4 Å². The molecule has 3 nitrogen and oxygen atoms in total. The maximum Gasteiger partial charge on any atom is 0.224 e. The van der Waals surface area contributed by atoms with E-state index in [1.54, 1.807) is 0 Å². The maximum atomic E-state index is 6.16. The molecule has 4 heteroatoms. The highest BCUT2D eigenvalue weighted by atomic mass is 35.5. The van der Waals surface area contributed by atoms with E-state index >= 15 is 0 Å². The Morgan fingerprint density at radius 1 is 0.808 bits per heavy atom. The molecule has 3 aliphatic rings. The molecule has 1 aromatic rings. The molecule has 0 N–H and O–H groups in total. The van der Waals surface area contributed by atoms with Crippen LogP contribution < -0.4 is 0 Å². The zero-order valence-electron chi connectivity index (χ0n) is 15.6. The van der Waals surface area contributed by atoms with Crippen molar-refractivity contribution in [1.82, 2.24) is 0 Å². The van der Waals surface area contributed by atoms with Crippen LogP contribution in [0.5, 0.6) is 0 Å². The molecule has 2 saturated carbocycles. The van der Waals surface area contributed by atoms with Crippen LogP contribution in [-0.2, 0) is 21.1 Å². The topological polar surface area (TPSA) is 34.3 Å². The molecule has 0 bridgehead atoms. The maximum absolute atomic E-state index is 6.16. The van der Waals surface area contributed by atoms with E-state index in [4.69, 9.17) is 26.1 Å². The zero-order chi connectivity index (χ0) is 17.8. The fraction of sp³-hybridized carbons (Fsp3) is 0.727. The third-order valence-corrected chi connectivity index (χ3v) is 6.97. The van der Waals surface area contributed by atoms with E-state index in [0.29, 0.717) is 12.7 Å². The summed E-state index contributed by atoms with van der Waals surface area (Å²) in [6.07, 6.45) is 13.8. The van der Waals surface area contributed by atoms with Gasteiger partial charge >= 0.3 is 0 Å². The van der Waals surface area contributed by atoms with Crippen LogP contribution in [0, 0.1) is 17.8 Å². The molecule has 144 valence electrons. The summed E-state index contributed by atoms with van der Waals surface area (Å²) in [5.74, 6) is 2.79. The largest absolute Gasteiger partial charge is 0.374 e. The van der Waals surface area contributed by atoms with E-state index < -0.39 is 0 Å². The summed E-state index contributed by atoms with van der Waals surface area (Å²) in [6.45, 7) is 0.714. The van der Waals surface area contributed by atoms with Crippen molar-refractivity contribution in [2.24, 2.45) is 17.8 Å². The molecular formula is C22H31ClO3. The smallest absolute Gasteiger partial charge is 0.224 e. The second kappa shape index (κ2) is 9.05.